The summed E-state index contributed by atoms with van der Waals surface area (Å²) in [5.74, 6) is -0.0143. The molecule has 1 N–H and O–H groups in total. The standard InChI is InChI=1S/C31H31BrN2O3S/c1-4-13-37-31(36)28-22-11-9-19(5-2)15-27(22)38-30(28)34-29(35)24-17-26(20-8-6-7-18(3)14-20)33-25-12-10-21(32)16-23(24)25/h6-8,10,12,14,16-17,19H,4-5,9,11,13,15H2,1-3H3,(H,34,35)/t19-/m1/s1. The number of esters is 1. The number of aromatic nitrogens is 1. The van der Waals surface area contributed by atoms with Gasteiger partial charge in [-0.1, -0.05) is 60.0 Å². The molecule has 196 valence electrons. The minimum absolute atomic E-state index is 0.264. The second-order valence-electron chi connectivity index (χ2n) is 9.90. The fourth-order valence-corrected chi connectivity index (χ4v) is 6.79. The molecule has 1 aliphatic carbocycles. The average molecular weight is 592 g/mol. The first kappa shape index (κ1) is 26.6. The molecule has 2 aromatic carbocycles. The molecule has 0 bridgehead atoms. The van der Waals surface area contributed by atoms with E-state index >= 15 is 0 Å². The van der Waals surface area contributed by atoms with Gasteiger partial charge in [-0.15, -0.1) is 11.3 Å². The molecule has 38 heavy (non-hydrogen) atoms. The molecule has 1 amide bonds. The summed E-state index contributed by atoms with van der Waals surface area (Å²) < 4.78 is 6.42. The van der Waals surface area contributed by atoms with Crippen molar-refractivity contribution >= 4 is 55.0 Å². The quantitative estimate of drug-likeness (QED) is 0.219. The second kappa shape index (κ2) is 11.4. The van der Waals surface area contributed by atoms with Gasteiger partial charge in [-0.3, -0.25) is 4.79 Å². The smallest absolute Gasteiger partial charge is 0.341 e. The number of hydrogen-bond donors (Lipinski definition) is 1. The van der Waals surface area contributed by atoms with Gasteiger partial charge in [0.15, 0.2) is 0 Å². The van der Waals surface area contributed by atoms with Crippen LogP contribution >= 0.6 is 27.3 Å². The number of carbonyl (C=O) groups is 2. The van der Waals surface area contributed by atoms with E-state index < -0.39 is 0 Å². The molecular formula is C31H31BrN2O3S. The van der Waals surface area contributed by atoms with E-state index in [0.29, 0.717) is 28.7 Å². The van der Waals surface area contributed by atoms with E-state index in [1.807, 2.05) is 56.3 Å². The Bertz CT molecular complexity index is 1530. The van der Waals surface area contributed by atoms with E-state index in [-0.39, 0.29) is 11.9 Å². The van der Waals surface area contributed by atoms with Crippen LogP contribution in [0.2, 0.25) is 0 Å². The van der Waals surface area contributed by atoms with Crippen LogP contribution in [0.25, 0.3) is 22.2 Å². The highest BCUT2D eigenvalue weighted by Gasteiger charge is 2.30. The van der Waals surface area contributed by atoms with Crippen LogP contribution in [0.3, 0.4) is 0 Å². The molecule has 0 spiro atoms. The van der Waals surface area contributed by atoms with Crippen molar-refractivity contribution in [1.82, 2.24) is 4.98 Å². The lowest BCUT2D eigenvalue weighted by Gasteiger charge is -2.21. The molecule has 7 heteroatoms. The number of nitrogens with zero attached hydrogens (tertiary/aromatic N) is 1. The van der Waals surface area contributed by atoms with Crippen LogP contribution in [0.4, 0.5) is 5.00 Å². The Kier molecular flexibility index (Phi) is 7.96. The zero-order chi connectivity index (χ0) is 26.8. The number of nitrogens with one attached hydrogen (secondary N) is 1. The van der Waals surface area contributed by atoms with Gasteiger partial charge < -0.3 is 10.1 Å². The zero-order valence-electron chi connectivity index (χ0n) is 21.9. The van der Waals surface area contributed by atoms with Crippen molar-refractivity contribution in [2.75, 3.05) is 11.9 Å². The van der Waals surface area contributed by atoms with E-state index in [9.17, 15) is 9.59 Å². The van der Waals surface area contributed by atoms with E-state index in [0.717, 1.165) is 69.9 Å². The van der Waals surface area contributed by atoms with Gasteiger partial charge in [0, 0.05) is 20.3 Å². The number of ether oxygens (including phenoxy) is 1. The number of pyridine rings is 1. The van der Waals surface area contributed by atoms with Crippen LogP contribution in [0.1, 0.15) is 69.8 Å². The van der Waals surface area contributed by atoms with Crippen LogP contribution in [-0.4, -0.2) is 23.5 Å². The van der Waals surface area contributed by atoms with E-state index in [1.54, 1.807) is 0 Å². The van der Waals surface area contributed by atoms with Crippen molar-refractivity contribution in [3.63, 3.8) is 0 Å². The molecule has 0 saturated carbocycles. The monoisotopic (exact) mass is 590 g/mol. The number of halogens is 1. The Morgan fingerprint density at radius 1 is 1.16 bits per heavy atom. The maximum atomic E-state index is 13.9. The molecule has 1 atom stereocenters. The Morgan fingerprint density at radius 3 is 2.76 bits per heavy atom. The van der Waals surface area contributed by atoms with Crippen LogP contribution in [0.15, 0.2) is 53.0 Å². The summed E-state index contributed by atoms with van der Waals surface area (Å²) in [7, 11) is 0. The summed E-state index contributed by atoms with van der Waals surface area (Å²) >= 11 is 5.06. The molecule has 0 saturated heterocycles. The normalized spacial score (nSPS) is 14.8. The van der Waals surface area contributed by atoms with Crippen LogP contribution in [0, 0.1) is 12.8 Å². The lowest BCUT2D eigenvalue weighted by atomic mass is 9.85. The molecule has 5 rings (SSSR count). The van der Waals surface area contributed by atoms with Gasteiger partial charge in [-0.25, -0.2) is 9.78 Å². The number of benzene rings is 2. The third kappa shape index (κ3) is 5.40. The van der Waals surface area contributed by atoms with Gasteiger partial charge in [0.2, 0.25) is 0 Å². The summed E-state index contributed by atoms with van der Waals surface area (Å²) in [5, 5.41) is 4.44. The molecular weight excluding hydrogens is 560 g/mol. The van der Waals surface area contributed by atoms with Crippen molar-refractivity contribution in [2.45, 2.75) is 52.9 Å². The van der Waals surface area contributed by atoms with E-state index in [2.05, 4.69) is 34.2 Å². The first-order valence-electron chi connectivity index (χ1n) is 13.2. The van der Waals surface area contributed by atoms with Crippen molar-refractivity contribution < 1.29 is 14.3 Å². The summed E-state index contributed by atoms with van der Waals surface area (Å²) in [6, 6.07) is 15.7. The molecule has 2 aromatic heterocycles. The number of aryl methyl sites for hydroxylation is 1. The van der Waals surface area contributed by atoms with Crippen molar-refractivity contribution in [2.24, 2.45) is 5.92 Å². The maximum absolute atomic E-state index is 13.9. The molecule has 0 aliphatic heterocycles. The Morgan fingerprint density at radius 2 is 2.00 bits per heavy atom. The lowest BCUT2D eigenvalue weighted by molar-refractivity contribution is 0.0505. The Labute approximate surface area is 235 Å². The zero-order valence-corrected chi connectivity index (χ0v) is 24.3. The van der Waals surface area contributed by atoms with E-state index in [4.69, 9.17) is 9.72 Å². The van der Waals surface area contributed by atoms with E-state index in [1.165, 1.54) is 16.2 Å². The first-order valence-corrected chi connectivity index (χ1v) is 14.8. The summed E-state index contributed by atoms with van der Waals surface area (Å²) in [6.07, 6.45) is 4.67. The third-order valence-corrected chi connectivity index (χ3v) is 8.81. The van der Waals surface area contributed by atoms with Gasteiger partial charge in [-0.2, -0.15) is 0 Å². The van der Waals surface area contributed by atoms with Gasteiger partial charge in [0.25, 0.3) is 5.91 Å². The number of amides is 1. The number of carbonyl (C=O) groups excluding carboxylic acids is 2. The maximum Gasteiger partial charge on any atom is 0.341 e. The van der Waals surface area contributed by atoms with Crippen LogP contribution in [-0.2, 0) is 17.6 Å². The van der Waals surface area contributed by atoms with Gasteiger partial charge in [0.05, 0.1) is 28.9 Å². The highest BCUT2D eigenvalue weighted by molar-refractivity contribution is 9.10. The van der Waals surface area contributed by atoms with Gasteiger partial charge in [-0.05, 0) is 74.4 Å². The minimum atomic E-state index is -0.350. The third-order valence-electron chi connectivity index (χ3n) is 7.14. The molecule has 0 radical (unpaired) electrons. The summed E-state index contributed by atoms with van der Waals surface area (Å²) in [5.41, 5.74) is 5.61. The molecule has 0 fully saturated rings. The fourth-order valence-electron chi connectivity index (χ4n) is 5.08. The number of hydrogen-bond acceptors (Lipinski definition) is 5. The SMILES string of the molecule is CCCOC(=O)c1c(NC(=O)c2cc(-c3cccc(C)c3)nc3ccc(Br)cc23)sc2c1CC[C@@H](CC)C2. The van der Waals surface area contributed by atoms with Crippen LogP contribution in [0.5, 0.6) is 0 Å². The predicted molar refractivity (Wildman–Crippen MR) is 158 cm³/mol. The number of anilines is 1. The fraction of sp³-hybridized carbons (Fsp3) is 0.323. The van der Waals surface area contributed by atoms with Crippen molar-refractivity contribution in [3.05, 3.63) is 80.1 Å². The van der Waals surface area contributed by atoms with Gasteiger partial charge >= 0.3 is 5.97 Å². The van der Waals surface area contributed by atoms with Crippen molar-refractivity contribution in [1.29, 1.82) is 0 Å². The molecule has 0 unspecified atom stereocenters. The van der Waals surface area contributed by atoms with Crippen molar-refractivity contribution in [3.8, 4) is 11.3 Å². The molecule has 4 aromatic rings. The number of thiophene rings is 1. The highest BCUT2D eigenvalue weighted by Crippen LogP contribution is 2.41. The first-order chi connectivity index (χ1) is 18.4. The summed E-state index contributed by atoms with van der Waals surface area (Å²) in [4.78, 5) is 33.1. The largest absolute Gasteiger partial charge is 0.462 e. The number of fused-ring (bicyclic) bond motifs is 2. The molecule has 2 heterocycles. The predicted octanol–water partition coefficient (Wildman–Crippen LogP) is 8.37. The summed E-state index contributed by atoms with van der Waals surface area (Å²) in [6.45, 7) is 6.58. The topological polar surface area (TPSA) is 68.3 Å². The highest BCUT2D eigenvalue weighted by atomic mass is 79.9. The average Bonchev–Trinajstić information content (AvgIpc) is 3.27. The Hall–Kier alpha value is -3.03. The lowest BCUT2D eigenvalue weighted by Crippen LogP contribution is -2.17. The second-order valence-corrected chi connectivity index (χ2v) is 11.9. The number of rotatable bonds is 7. The molecule has 1 aliphatic rings. The Balaban J connectivity index is 1.58. The van der Waals surface area contributed by atoms with Gasteiger partial charge in [0.1, 0.15) is 5.00 Å². The molecule has 5 nitrogen and oxygen atoms in total. The minimum Gasteiger partial charge on any atom is -0.462 e. The van der Waals surface area contributed by atoms with Crippen LogP contribution < -0.4 is 5.32 Å².